The summed E-state index contributed by atoms with van der Waals surface area (Å²) in [6, 6.07) is 14.5. The molecule has 0 aliphatic heterocycles. The maximum atomic E-state index is 5.84. The molecule has 0 amide bonds. The van der Waals surface area contributed by atoms with E-state index in [0.29, 0.717) is 38.8 Å². The summed E-state index contributed by atoms with van der Waals surface area (Å²) in [5.41, 5.74) is 1.62. The molecular weight excluding hydrogens is 490 g/mol. The first kappa shape index (κ1) is 20.8. The lowest BCUT2D eigenvalue weighted by Gasteiger charge is -1.93. The summed E-state index contributed by atoms with van der Waals surface area (Å²) in [4.78, 5) is 8.23. The zero-order valence-corrected chi connectivity index (χ0v) is 18.0. The van der Waals surface area contributed by atoms with Crippen molar-refractivity contribution in [1.29, 1.82) is 0 Å². The summed E-state index contributed by atoms with van der Waals surface area (Å²) in [7, 11) is 0. The number of rotatable bonds is 4. The van der Waals surface area contributed by atoms with Crippen LogP contribution in [0.2, 0.25) is 10.0 Å². The van der Waals surface area contributed by atoms with Crippen molar-refractivity contribution >= 4 is 50.7 Å². The van der Waals surface area contributed by atoms with Crippen molar-refractivity contribution in [2.75, 3.05) is 0 Å². The molecule has 0 aliphatic rings. The van der Waals surface area contributed by atoms with Crippen LogP contribution >= 0.6 is 50.7 Å². The molecule has 0 bridgehead atoms. The van der Waals surface area contributed by atoms with E-state index in [1.165, 1.54) is 0 Å². The highest BCUT2D eigenvalue weighted by molar-refractivity contribution is 9.08. The van der Waals surface area contributed by atoms with Gasteiger partial charge in [0, 0.05) is 21.2 Å². The number of halogens is 4. The lowest BCUT2D eigenvalue weighted by molar-refractivity contribution is 0.425. The van der Waals surface area contributed by atoms with Crippen LogP contribution in [0, 0.1) is 0 Å². The van der Waals surface area contributed by atoms with Crippen LogP contribution < -0.4 is 0 Å². The van der Waals surface area contributed by atoms with Gasteiger partial charge in [-0.05, 0) is 36.4 Å². The van der Waals surface area contributed by atoms with Crippen LogP contribution in [-0.4, -0.2) is 20.3 Å². The highest BCUT2D eigenvalue weighted by atomic mass is 79.9. The molecule has 0 saturated heterocycles. The van der Waals surface area contributed by atoms with Gasteiger partial charge in [0.15, 0.2) is 11.6 Å². The number of aromatic nitrogens is 4. The van der Waals surface area contributed by atoms with Crippen molar-refractivity contribution in [3.8, 4) is 22.9 Å². The second-order valence-electron chi connectivity index (χ2n) is 5.32. The van der Waals surface area contributed by atoms with Gasteiger partial charge in [0.2, 0.25) is 0 Å². The fourth-order valence-corrected chi connectivity index (χ4v) is 2.81. The molecular formula is C18H12BrCl3N4O2. The van der Waals surface area contributed by atoms with Gasteiger partial charge in [-0.25, -0.2) is 0 Å². The zero-order chi connectivity index (χ0) is 19.9. The summed E-state index contributed by atoms with van der Waals surface area (Å²) in [5.74, 6) is 2.26. The molecule has 0 spiro atoms. The lowest BCUT2D eigenvalue weighted by atomic mass is 10.2. The van der Waals surface area contributed by atoms with Crippen LogP contribution in [0.5, 0.6) is 0 Å². The molecule has 2 aromatic carbocycles. The van der Waals surface area contributed by atoms with Crippen LogP contribution in [0.25, 0.3) is 22.9 Å². The minimum Gasteiger partial charge on any atom is -0.334 e. The molecule has 4 rings (SSSR count). The Bertz CT molecular complexity index is 971. The van der Waals surface area contributed by atoms with Crippen LogP contribution in [0.4, 0.5) is 0 Å². The minimum atomic E-state index is 0.240. The highest BCUT2D eigenvalue weighted by Gasteiger charge is 2.08. The number of hydrogen-bond donors (Lipinski definition) is 0. The normalized spacial score (nSPS) is 10.4. The van der Waals surface area contributed by atoms with Gasteiger partial charge in [0.1, 0.15) is 0 Å². The van der Waals surface area contributed by atoms with Crippen molar-refractivity contribution < 1.29 is 9.05 Å². The smallest absolute Gasteiger partial charge is 0.258 e. The molecule has 2 aromatic heterocycles. The van der Waals surface area contributed by atoms with Gasteiger partial charge in [-0.3, -0.25) is 0 Å². The number of nitrogens with zero attached hydrogens (tertiary/aromatic N) is 4. The van der Waals surface area contributed by atoms with Crippen LogP contribution in [0.3, 0.4) is 0 Å². The van der Waals surface area contributed by atoms with E-state index in [9.17, 15) is 0 Å². The molecule has 28 heavy (non-hydrogen) atoms. The third-order valence-corrected chi connectivity index (χ3v) is 4.53. The largest absolute Gasteiger partial charge is 0.334 e. The first-order valence-corrected chi connectivity index (χ1v) is 10.3. The van der Waals surface area contributed by atoms with E-state index in [1.807, 2.05) is 24.3 Å². The Labute approximate surface area is 183 Å². The predicted octanol–water partition coefficient (Wildman–Crippen LogP) is 6.41. The summed E-state index contributed by atoms with van der Waals surface area (Å²) in [5, 5.41) is 9.31. The first-order valence-electron chi connectivity index (χ1n) is 7.88. The third-order valence-electron chi connectivity index (χ3n) is 3.32. The monoisotopic (exact) mass is 500 g/mol. The molecule has 2 heterocycles. The highest BCUT2D eigenvalue weighted by Crippen LogP contribution is 2.22. The van der Waals surface area contributed by atoms with Gasteiger partial charge in [-0.2, -0.15) is 9.97 Å². The summed E-state index contributed by atoms with van der Waals surface area (Å²) >= 11 is 20.5. The SMILES string of the molecule is ClCc1noc(-c2cccc(Cl)c2)n1.Clc1cccc(-c2nc(CBr)no2)c1. The number of hydrogen-bond acceptors (Lipinski definition) is 6. The molecule has 4 aromatic rings. The molecule has 0 N–H and O–H groups in total. The van der Waals surface area contributed by atoms with Crippen LogP contribution in [0.15, 0.2) is 57.6 Å². The quantitative estimate of drug-likeness (QED) is 0.300. The van der Waals surface area contributed by atoms with E-state index in [4.69, 9.17) is 43.8 Å². The maximum Gasteiger partial charge on any atom is 0.258 e. The van der Waals surface area contributed by atoms with Gasteiger partial charge in [0.05, 0.1) is 11.2 Å². The van der Waals surface area contributed by atoms with Crippen molar-refractivity contribution in [2.45, 2.75) is 11.2 Å². The molecule has 0 atom stereocenters. The van der Waals surface area contributed by atoms with E-state index in [-0.39, 0.29) is 5.88 Å². The number of alkyl halides is 2. The van der Waals surface area contributed by atoms with E-state index in [0.717, 1.165) is 11.1 Å². The molecule has 0 saturated carbocycles. The average molecular weight is 503 g/mol. The molecule has 10 heteroatoms. The lowest BCUT2D eigenvalue weighted by Crippen LogP contribution is -1.80. The molecule has 0 fully saturated rings. The minimum absolute atomic E-state index is 0.240. The first-order chi connectivity index (χ1) is 13.6. The second-order valence-corrected chi connectivity index (χ2v) is 7.02. The van der Waals surface area contributed by atoms with Crippen molar-refractivity contribution in [3.05, 3.63) is 70.2 Å². The molecule has 0 aliphatic carbocycles. The Kier molecular flexibility index (Phi) is 7.44. The summed E-state index contributed by atoms with van der Waals surface area (Å²) < 4.78 is 10.0. The Morgan fingerprint density at radius 2 is 1.29 bits per heavy atom. The second kappa shape index (κ2) is 10.0. The average Bonchev–Trinajstić information content (AvgIpc) is 3.38. The maximum absolute atomic E-state index is 5.84. The molecule has 6 nitrogen and oxygen atoms in total. The van der Waals surface area contributed by atoms with Gasteiger partial charge in [-0.1, -0.05) is 61.6 Å². The van der Waals surface area contributed by atoms with Gasteiger partial charge in [0.25, 0.3) is 11.8 Å². The van der Waals surface area contributed by atoms with Gasteiger partial charge >= 0.3 is 0 Å². The molecule has 0 radical (unpaired) electrons. The number of benzene rings is 2. The van der Waals surface area contributed by atoms with Crippen molar-refractivity contribution in [1.82, 2.24) is 20.3 Å². The van der Waals surface area contributed by atoms with Crippen LogP contribution in [0.1, 0.15) is 11.6 Å². The molecule has 144 valence electrons. The Morgan fingerprint density at radius 3 is 1.68 bits per heavy atom. The fourth-order valence-electron chi connectivity index (χ4n) is 2.09. The predicted molar refractivity (Wildman–Crippen MR) is 112 cm³/mol. The van der Waals surface area contributed by atoms with Crippen molar-refractivity contribution in [2.24, 2.45) is 0 Å². The van der Waals surface area contributed by atoms with E-state index in [2.05, 4.69) is 36.2 Å². The summed E-state index contributed by atoms with van der Waals surface area (Å²) in [6.07, 6.45) is 0. The fraction of sp³-hybridized carbons (Fsp3) is 0.111. The van der Waals surface area contributed by atoms with E-state index in [1.54, 1.807) is 24.3 Å². The summed E-state index contributed by atoms with van der Waals surface area (Å²) in [6.45, 7) is 0. The zero-order valence-electron chi connectivity index (χ0n) is 14.2. The Balaban J connectivity index is 0.000000161. The standard InChI is InChI=1S/C9H6BrClN2O.C9H6Cl2N2O/c2*10-5-8-12-9(14-13-8)6-2-1-3-7(11)4-6/h2*1-4H,5H2. The third kappa shape index (κ3) is 5.54. The molecule has 0 unspecified atom stereocenters. The van der Waals surface area contributed by atoms with Gasteiger partial charge < -0.3 is 9.05 Å². The Hall–Kier alpha value is -1.93. The van der Waals surface area contributed by atoms with Crippen LogP contribution in [-0.2, 0) is 11.2 Å². The topological polar surface area (TPSA) is 77.8 Å². The van der Waals surface area contributed by atoms with Crippen molar-refractivity contribution in [3.63, 3.8) is 0 Å². The Morgan fingerprint density at radius 1 is 0.786 bits per heavy atom. The van der Waals surface area contributed by atoms with Gasteiger partial charge in [-0.15, -0.1) is 11.6 Å². The van der Waals surface area contributed by atoms with E-state index >= 15 is 0 Å². The van der Waals surface area contributed by atoms with E-state index < -0.39 is 0 Å².